The predicted octanol–water partition coefficient (Wildman–Crippen LogP) is 2.88. The Bertz CT molecular complexity index is 769. The van der Waals surface area contributed by atoms with Crippen molar-refractivity contribution in [2.45, 2.75) is 13.3 Å². The number of nitrogens with one attached hydrogen (secondary N) is 1. The molecule has 0 atom stereocenters. The first-order valence-electron chi connectivity index (χ1n) is 6.49. The van der Waals surface area contributed by atoms with Crippen LogP contribution in [0.2, 0.25) is 5.15 Å². The van der Waals surface area contributed by atoms with Crippen molar-refractivity contribution in [3.8, 4) is 0 Å². The van der Waals surface area contributed by atoms with Gasteiger partial charge in [-0.05, 0) is 31.0 Å². The molecule has 0 bridgehead atoms. The molecule has 7 heteroatoms. The van der Waals surface area contributed by atoms with Crippen LogP contribution in [0.5, 0.6) is 0 Å². The molecule has 0 aliphatic heterocycles. The molecule has 21 heavy (non-hydrogen) atoms. The van der Waals surface area contributed by atoms with Gasteiger partial charge in [0.2, 0.25) is 0 Å². The standard InChI is InChI=1S/C14H13ClFN5/c1-9-12(15)20-14-18-8-19-21(14)13(9)17-7-6-10-2-4-11(16)5-3-10/h2-5,8,17H,6-7H2,1H3. The van der Waals surface area contributed by atoms with E-state index >= 15 is 0 Å². The second-order valence-electron chi connectivity index (χ2n) is 4.65. The molecule has 3 aromatic rings. The van der Waals surface area contributed by atoms with Gasteiger partial charge in [0.25, 0.3) is 5.78 Å². The molecule has 0 aliphatic rings. The number of hydrogen-bond donors (Lipinski definition) is 1. The van der Waals surface area contributed by atoms with Crippen molar-refractivity contribution >= 4 is 23.2 Å². The van der Waals surface area contributed by atoms with E-state index in [0.29, 0.717) is 17.5 Å². The summed E-state index contributed by atoms with van der Waals surface area (Å²) >= 11 is 6.09. The Balaban J connectivity index is 1.77. The average Bonchev–Trinajstić information content (AvgIpc) is 2.93. The number of aromatic nitrogens is 4. The quantitative estimate of drug-likeness (QED) is 0.753. The van der Waals surface area contributed by atoms with Crippen LogP contribution in [-0.2, 0) is 6.42 Å². The van der Waals surface area contributed by atoms with E-state index in [4.69, 9.17) is 11.6 Å². The first-order valence-corrected chi connectivity index (χ1v) is 6.87. The summed E-state index contributed by atoms with van der Waals surface area (Å²) in [5.41, 5.74) is 1.87. The molecule has 108 valence electrons. The third kappa shape index (κ3) is 2.80. The summed E-state index contributed by atoms with van der Waals surface area (Å²) in [7, 11) is 0. The molecule has 0 saturated carbocycles. The zero-order valence-electron chi connectivity index (χ0n) is 11.3. The third-order valence-corrected chi connectivity index (χ3v) is 3.59. The highest BCUT2D eigenvalue weighted by atomic mass is 35.5. The molecule has 2 heterocycles. The zero-order chi connectivity index (χ0) is 14.8. The molecule has 0 fully saturated rings. The third-order valence-electron chi connectivity index (χ3n) is 3.22. The van der Waals surface area contributed by atoms with Gasteiger partial charge in [-0.25, -0.2) is 4.39 Å². The zero-order valence-corrected chi connectivity index (χ0v) is 12.1. The van der Waals surface area contributed by atoms with E-state index in [1.54, 1.807) is 16.6 Å². The van der Waals surface area contributed by atoms with Gasteiger partial charge in [0, 0.05) is 12.1 Å². The number of anilines is 1. The van der Waals surface area contributed by atoms with E-state index in [1.165, 1.54) is 18.5 Å². The van der Waals surface area contributed by atoms with E-state index in [2.05, 4.69) is 20.4 Å². The van der Waals surface area contributed by atoms with Crippen molar-refractivity contribution in [1.29, 1.82) is 0 Å². The van der Waals surface area contributed by atoms with Crippen LogP contribution in [0.1, 0.15) is 11.1 Å². The van der Waals surface area contributed by atoms with Gasteiger partial charge in [0.1, 0.15) is 23.1 Å². The van der Waals surface area contributed by atoms with Crippen LogP contribution in [0.4, 0.5) is 10.2 Å². The van der Waals surface area contributed by atoms with Crippen LogP contribution in [0.15, 0.2) is 30.6 Å². The van der Waals surface area contributed by atoms with Crippen molar-refractivity contribution in [3.05, 3.63) is 52.7 Å². The van der Waals surface area contributed by atoms with Gasteiger partial charge in [-0.2, -0.15) is 19.6 Å². The fourth-order valence-electron chi connectivity index (χ4n) is 2.08. The first-order chi connectivity index (χ1) is 10.1. The minimum absolute atomic E-state index is 0.229. The Labute approximate surface area is 125 Å². The molecule has 3 rings (SSSR count). The molecule has 5 nitrogen and oxygen atoms in total. The van der Waals surface area contributed by atoms with Gasteiger partial charge >= 0.3 is 0 Å². The van der Waals surface area contributed by atoms with Crippen LogP contribution in [0.25, 0.3) is 5.78 Å². The molecule has 0 radical (unpaired) electrons. The SMILES string of the molecule is Cc1c(Cl)nc2ncnn2c1NCCc1ccc(F)cc1. The summed E-state index contributed by atoms with van der Waals surface area (Å²) in [5.74, 6) is 0.993. The van der Waals surface area contributed by atoms with E-state index < -0.39 is 0 Å². The van der Waals surface area contributed by atoms with E-state index in [-0.39, 0.29) is 5.82 Å². The number of halogens is 2. The Hall–Kier alpha value is -2.21. The molecule has 0 saturated heterocycles. The Morgan fingerprint density at radius 1 is 1.29 bits per heavy atom. The minimum Gasteiger partial charge on any atom is -0.369 e. The van der Waals surface area contributed by atoms with E-state index in [0.717, 1.165) is 23.4 Å². The second kappa shape index (κ2) is 5.65. The molecule has 0 aliphatic carbocycles. The van der Waals surface area contributed by atoms with Gasteiger partial charge < -0.3 is 5.32 Å². The fraction of sp³-hybridized carbons (Fsp3) is 0.214. The Morgan fingerprint density at radius 3 is 2.81 bits per heavy atom. The summed E-state index contributed by atoms with van der Waals surface area (Å²) < 4.78 is 14.5. The average molecular weight is 306 g/mol. The highest BCUT2D eigenvalue weighted by molar-refractivity contribution is 6.30. The minimum atomic E-state index is -0.229. The van der Waals surface area contributed by atoms with Crippen molar-refractivity contribution in [2.75, 3.05) is 11.9 Å². The number of hydrogen-bond acceptors (Lipinski definition) is 4. The smallest absolute Gasteiger partial charge is 0.255 e. The summed E-state index contributed by atoms with van der Waals surface area (Å²) in [6, 6.07) is 6.46. The van der Waals surface area contributed by atoms with Crippen LogP contribution >= 0.6 is 11.6 Å². The van der Waals surface area contributed by atoms with Crippen LogP contribution in [0.3, 0.4) is 0 Å². The van der Waals surface area contributed by atoms with Gasteiger partial charge in [-0.1, -0.05) is 23.7 Å². The topological polar surface area (TPSA) is 55.1 Å². The predicted molar refractivity (Wildman–Crippen MR) is 79.1 cm³/mol. The Kier molecular flexibility index (Phi) is 3.70. The number of rotatable bonds is 4. The van der Waals surface area contributed by atoms with E-state index in [9.17, 15) is 4.39 Å². The highest BCUT2D eigenvalue weighted by Crippen LogP contribution is 2.21. The maximum absolute atomic E-state index is 12.9. The molecule has 1 aromatic carbocycles. The summed E-state index contributed by atoms with van der Waals surface area (Å²) in [4.78, 5) is 8.18. The van der Waals surface area contributed by atoms with Crippen molar-refractivity contribution in [2.24, 2.45) is 0 Å². The lowest BCUT2D eigenvalue weighted by molar-refractivity contribution is 0.627. The fourth-order valence-corrected chi connectivity index (χ4v) is 2.25. The van der Waals surface area contributed by atoms with Crippen LogP contribution in [0, 0.1) is 12.7 Å². The number of fused-ring (bicyclic) bond motifs is 1. The van der Waals surface area contributed by atoms with Crippen LogP contribution < -0.4 is 5.32 Å². The lowest BCUT2D eigenvalue weighted by Gasteiger charge is -2.11. The van der Waals surface area contributed by atoms with Gasteiger partial charge in [-0.3, -0.25) is 0 Å². The summed E-state index contributed by atoms with van der Waals surface area (Å²) in [5, 5.41) is 7.82. The largest absolute Gasteiger partial charge is 0.369 e. The van der Waals surface area contributed by atoms with Crippen molar-refractivity contribution in [3.63, 3.8) is 0 Å². The highest BCUT2D eigenvalue weighted by Gasteiger charge is 2.11. The van der Waals surface area contributed by atoms with Gasteiger partial charge in [-0.15, -0.1) is 0 Å². The normalized spacial score (nSPS) is 11.0. The lowest BCUT2D eigenvalue weighted by Crippen LogP contribution is -2.11. The molecular formula is C14H13ClFN5. The molecule has 0 unspecified atom stereocenters. The Morgan fingerprint density at radius 2 is 2.05 bits per heavy atom. The maximum Gasteiger partial charge on any atom is 0.255 e. The summed E-state index contributed by atoms with van der Waals surface area (Å²) in [6.45, 7) is 2.54. The molecule has 0 amide bonds. The van der Waals surface area contributed by atoms with E-state index in [1.807, 2.05) is 6.92 Å². The molecule has 0 spiro atoms. The van der Waals surface area contributed by atoms with Crippen LogP contribution in [-0.4, -0.2) is 26.1 Å². The molecule has 2 aromatic heterocycles. The van der Waals surface area contributed by atoms with Gasteiger partial charge in [0.05, 0.1) is 0 Å². The monoisotopic (exact) mass is 305 g/mol. The molecule has 1 N–H and O–H groups in total. The van der Waals surface area contributed by atoms with Crippen molar-refractivity contribution < 1.29 is 4.39 Å². The lowest BCUT2D eigenvalue weighted by atomic mass is 10.1. The number of nitrogens with zero attached hydrogens (tertiary/aromatic N) is 4. The second-order valence-corrected chi connectivity index (χ2v) is 5.01. The van der Waals surface area contributed by atoms with Crippen molar-refractivity contribution in [1.82, 2.24) is 19.6 Å². The first kappa shape index (κ1) is 13.8. The maximum atomic E-state index is 12.9. The molecular weight excluding hydrogens is 293 g/mol. The number of benzene rings is 1. The summed E-state index contributed by atoms with van der Waals surface area (Å²) in [6.07, 6.45) is 2.19. The van der Waals surface area contributed by atoms with Gasteiger partial charge in [0.15, 0.2) is 0 Å².